The molecule has 0 aliphatic rings. The molecule has 0 saturated carbocycles. The quantitative estimate of drug-likeness (QED) is 0.533. The average molecular weight is 393 g/mol. The Morgan fingerprint density at radius 2 is 1.86 bits per heavy atom. The summed E-state index contributed by atoms with van der Waals surface area (Å²) in [4.78, 5) is 20.9. The minimum Gasteiger partial charge on any atom is -0.487 e. The Kier molecular flexibility index (Phi) is 7.54. The topological polar surface area (TPSA) is 82.6 Å². The lowest BCUT2D eigenvalue weighted by Crippen LogP contribution is -2.24. The monoisotopic (exact) mass is 393 g/mol. The van der Waals surface area contributed by atoms with Crippen molar-refractivity contribution in [3.63, 3.8) is 0 Å². The third-order valence-electron chi connectivity index (χ3n) is 4.01. The second-order valence-electron chi connectivity index (χ2n) is 6.14. The zero-order chi connectivity index (χ0) is 20.3. The molecule has 0 saturated heterocycles. The van der Waals surface area contributed by atoms with Gasteiger partial charge < -0.3 is 19.5 Å². The van der Waals surface area contributed by atoms with Gasteiger partial charge in [-0.1, -0.05) is 18.2 Å². The molecule has 3 aromatic rings. The molecule has 3 rings (SSSR count). The molecular formula is C22H23N3O4. The molecular weight excluding hydrogens is 370 g/mol. The molecule has 0 radical (unpaired) electrons. The Morgan fingerprint density at radius 1 is 0.966 bits per heavy atom. The minimum atomic E-state index is -0.259. The highest BCUT2D eigenvalue weighted by molar-refractivity contribution is 5.96. The molecule has 2 heterocycles. The predicted molar refractivity (Wildman–Crippen MR) is 108 cm³/mol. The van der Waals surface area contributed by atoms with Crippen molar-refractivity contribution in [1.29, 1.82) is 0 Å². The van der Waals surface area contributed by atoms with Gasteiger partial charge in [-0.25, -0.2) is 4.98 Å². The van der Waals surface area contributed by atoms with Crippen LogP contribution in [0.2, 0.25) is 0 Å². The van der Waals surface area contributed by atoms with Gasteiger partial charge in [-0.05, 0) is 42.0 Å². The second kappa shape index (κ2) is 10.8. The van der Waals surface area contributed by atoms with E-state index in [4.69, 9.17) is 14.2 Å². The lowest BCUT2D eigenvalue weighted by Gasteiger charge is -2.11. The number of carbonyl (C=O) groups is 1. The number of hydrogen-bond acceptors (Lipinski definition) is 6. The van der Waals surface area contributed by atoms with Crippen molar-refractivity contribution in [1.82, 2.24) is 15.3 Å². The first-order valence-electron chi connectivity index (χ1n) is 9.23. The third-order valence-corrected chi connectivity index (χ3v) is 4.01. The van der Waals surface area contributed by atoms with Gasteiger partial charge in [0.15, 0.2) is 0 Å². The normalized spacial score (nSPS) is 10.4. The van der Waals surface area contributed by atoms with Crippen LogP contribution in [0.25, 0.3) is 0 Å². The van der Waals surface area contributed by atoms with Crippen LogP contribution in [0.5, 0.6) is 11.6 Å². The van der Waals surface area contributed by atoms with Gasteiger partial charge >= 0.3 is 0 Å². The molecule has 7 heteroatoms. The van der Waals surface area contributed by atoms with Crippen molar-refractivity contribution >= 4 is 5.91 Å². The number of rotatable bonds is 10. The van der Waals surface area contributed by atoms with E-state index in [9.17, 15) is 4.79 Å². The third kappa shape index (κ3) is 6.29. The van der Waals surface area contributed by atoms with Crippen LogP contribution in [0.1, 0.15) is 21.6 Å². The summed E-state index contributed by atoms with van der Waals surface area (Å²) in [5.41, 5.74) is 2.15. The number of ether oxygens (including phenoxy) is 3. The summed E-state index contributed by atoms with van der Waals surface area (Å²) >= 11 is 0. The summed E-state index contributed by atoms with van der Waals surface area (Å²) in [5, 5.41) is 2.89. The van der Waals surface area contributed by atoms with E-state index in [2.05, 4.69) is 15.3 Å². The van der Waals surface area contributed by atoms with Crippen LogP contribution in [0, 0.1) is 0 Å². The smallest absolute Gasteiger partial charge is 0.257 e. The maximum absolute atomic E-state index is 12.6. The molecule has 0 atom stereocenters. The summed E-state index contributed by atoms with van der Waals surface area (Å²) in [6, 6.07) is 16.6. The van der Waals surface area contributed by atoms with Crippen LogP contribution in [0.15, 0.2) is 67.0 Å². The zero-order valence-corrected chi connectivity index (χ0v) is 16.2. The molecule has 2 aromatic heterocycles. The number of hydrogen-bond donors (Lipinski definition) is 1. The van der Waals surface area contributed by atoms with Crippen LogP contribution in [0.3, 0.4) is 0 Å². The number of aromatic nitrogens is 2. The summed E-state index contributed by atoms with van der Waals surface area (Å²) < 4.78 is 16.3. The first kappa shape index (κ1) is 20.3. The molecule has 0 aliphatic heterocycles. The molecule has 0 spiro atoms. The highest BCUT2D eigenvalue weighted by Crippen LogP contribution is 2.17. The highest BCUT2D eigenvalue weighted by atomic mass is 16.5. The molecule has 29 heavy (non-hydrogen) atoms. The van der Waals surface area contributed by atoms with E-state index in [0.717, 1.165) is 11.3 Å². The van der Waals surface area contributed by atoms with Gasteiger partial charge in [-0.2, -0.15) is 0 Å². The summed E-state index contributed by atoms with van der Waals surface area (Å²) in [5.74, 6) is 0.743. The number of benzene rings is 1. The van der Waals surface area contributed by atoms with Gasteiger partial charge in [0.2, 0.25) is 5.88 Å². The average Bonchev–Trinajstić information content (AvgIpc) is 2.77. The Balaban J connectivity index is 1.56. The Hall–Kier alpha value is -3.45. The summed E-state index contributed by atoms with van der Waals surface area (Å²) in [7, 11) is 1.59. The molecule has 0 unspecified atom stereocenters. The Bertz CT molecular complexity index is 919. The van der Waals surface area contributed by atoms with E-state index in [-0.39, 0.29) is 11.8 Å². The number of nitrogens with one attached hydrogen (secondary N) is 1. The molecule has 1 N–H and O–H groups in total. The van der Waals surface area contributed by atoms with Gasteiger partial charge in [0.25, 0.3) is 5.91 Å². The van der Waals surface area contributed by atoms with Crippen LogP contribution in [-0.4, -0.2) is 36.2 Å². The number of methoxy groups -OCH3 is 1. The molecule has 7 nitrogen and oxygen atoms in total. The SMILES string of the molecule is COCCOc1ncccc1C(=O)NCc1cccc(OCc2ccccn2)c1. The first-order chi connectivity index (χ1) is 14.3. The molecule has 150 valence electrons. The fourth-order valence-corrected chi connectivity index (χ4v) is 2.56. The van der Waals surface area contributed by atoms with E-state index in [1.807, 2.05) is 42.5 Å². The van der Waals surface area contributed by atoms with E-state index in [1.54, 1.807) is 31.6 Å². The van der Waals surface area contributed by atoms with E-state index in [1.165, 1.54) is 0 Å². The standard InChI is InChI=1S/C22H23N3O4/c1-27-12-13-28-22-20(9-5-11-24-22)21(26)25-15-17-6-4-8-19(14-17)29-16-18-7-2-3-10-23-18/h2-11,14H,12-13,15-16H2,1H3,(H,25,26). The van der Waals surface area contributed by atoms with Crippen molar-refractivity contribution in [2.24, 2.45) is 0 Å². The Labute approximate surface area is 169 Å². The number of nitrogens with zero attached hydrogens (tertiary/aromatic N) is 2. The predicted octanol–water partition coefficient (Wildman–Crippen LogP) is 3.01. The highest BCUT2D eigenvalue weighted by Gasteiger charge is 2.13. The number of carbonyl (C=O) groups excluding carboxylic acids is 1. The zero-order valence-electron chi connectivity index (χ0n) is 16.2. The van der Waals surface area contributed by atoms with Crippen molar-refractivity contribution in [3.8, 4) is 11.6 Å². The summed E-state index contributed by atoms with van der Waals surface area (Å²) in [6.45, 7) is 1.48. The fourth-order valence-electron chi connectivity index (χ4n) is 2.56. The van der Waals surface area contributed by atoms with Crippen molar-refractivity contribution in [2.45, 2.75) is 13.2 Å². The number of pyridine rings is 2. The van der Waals surface area contributed by atoms with Crippen LogP contribution < -0.4 is 14.8 Å². The first-order valence-corrected chi connectivity index (χ1v) is 9.23. The molecule has 0 fully saturated rings. The van der Waals surface area contributed by atoms with Crippen LogP contribution in [0.4, 0.5) is 0 Å². The van der Waals surface area contributed by atoms with Crippen LogP contribution in [-0.2, 0) is 17.9 Å². The van der Waals surface area contributed by atoms with Crippen molar-refractivity contribution in [2.75, 3.05) is 20.3 Å². The number of amides is 1. The lowest BCUT2D eigenvalue weighted by molar-refractivity contribution is 0.0941. The second-order valence-corrected chi connectivity index (χ2v) is 6.14. The Morgan fingerprint density at radius 3 is 2.69 bits per heavy atom. The maximum atomic E-state index is 12.6. The van der Waals surface area contributed by atoms with Crippen molar-refractivity contribution in [3.05, 3.63) is 83.8 Å². The van der Waals surface area contributed by atoms with Gasteiger partial charge in [-0.3, -0.25) is 9.78 Å². The van der Waals surface area contributed by atoms with E-state index < -0.39 is 0 Å². The largest absolute Gasteiger partial charge is 0.487 e. The van der Waals surface area contributed by atoms with Gasteiger partial charge in [0.1, 0.15) is 24.5 Å². The van der Waals surface area contributed by atoms with Gasteiger partial charge in [0.05, 0.1) is 12.3 Å². The van der Waals surface area contributed by atoms with Gasteiger partial charge in [0, 0.05) is 26.0 Å². The minimum absolute atomic E-state index is 0.259. The molecule has 0 bridgehead atoms. The summed E-state index contributed by atoms with van der Waals surface area (Å²) in [6.07, 6.45) is 3.32. The van der Waals surface area contributed by atoms with E-state index in [0.29, 0.717) is 37.7 Å². The lowest BCUT2D eigenvalue weighted by atomic mass is 10.2. The maximum Gasteiger partial charge on any atom is 0.257 e. The van der Waals surface area contributed by atoms with E-state index >= 15 is 0 Å². The van der Waals surface area contributed by atoms with Gasteiger partial charge in [-0.15, -0.1) is 0 Å². The molecule has 1 aromatic carbocycles. The fraction of sp³-hybridized carbons (Fsp3) is 0.227. The molecule has 0 aliphatic carbocycles. The van der Waals surface area contributed by atoms with Crippen LogP contribution >= 0.6 is 0 Å². The van der Waals surface area contributed by atoms with Crippen molar-refractivity contribution < 1.29 is 19.0 Å². The molecule has 1 amide bonds.